The summed E-state index contributed by atoms with van der Waals surface area (Å²) in [6.07, 6.45) is 4.27. The van der Waals surface area contributed by atoms with Crippen LogP contribution in [0.2, 0.25) is 0 Å². The Morgan fingerprint density at radius 1 is 0.783 bits per heavy atom. The molecule has 0 aliphatic heterocycles. The molecule has 15 heteroatoms. The molecule has 0 aliphatic carbocycles. The molecule has 0 radical (unpaired) electrons. The standard InChI is InChI=1S/C31H31N3O11S/c1-6-17-43-26-22(13-16-25(29(26)42-5)33-46(39,40)21-11-9-20(10-12-21)34(37)38)30(35)32-24-15-14-23(31(36)45-19-8-3)27(28(24)41-4)44-18-7-2/h6-16,33H,1-3,17-19H2,4-5H3,(H,32,35). The predicted octanol–water partition coefficient (Wildman–Crippen LogP) is 5.14. The van der Waals surface area contributed by atoms with Gasteiger partial charge in [-0.2, -0.15) is 0 Å². The zero-order valence-electron chi connectivity index (χ0n) is 24.9. The molecule has 3 aromatic carbocycles. The number of anilines is 2. The Balaban J connectivity index is 2.04. The van der Waals surface area contributed by atoms with E-state index in [0.29, 0.717) is 0 Å². The summed E-state index contributed by atoms with van der Waals surface area (Å²) in [6.45, 7) is 10.6. The molecule has 1 amide bonds. The van der Waals surface area contributed by atoms with Crippen molar-refractivity contribution >= 4 is 39.0 Å². The van der Waals surface area contributed by atoms with Crippen LogP contribution < -0.4 is 29.0 Å². The van der Waals surface area contributed by atoms with Gasteiger partial charge in [0.15, 0.2) is 23.0 Å². The van der Waals surface area contributed by atoms with Crippen LogP contribution in [0.3, 0.4) is 0 Å². The van der Waals surface area contributed by atoms with Gasteiger partial charge < -0.3 is 29.0 Å². The number of esters is 1. The van der Waals surface area contributed by atoms with Gasteiger partial charge >= 0.3 is 5.97 Å². The fourth-order valence-corrected chi connectivity index (χ4v) is 5.04. The van der Waals surface area contributed by atoms with Gasteiger partial charge in [-0.1, -0.05) is 38.0 Å². The molecule has 0 heterocycles. The maximum Gasteiger partial charge on any atom is 0.342 e. The first-order chi connectivity index (χ1) is 22.0. The number of carbonyl (C=O) groups excluding carboxylic acids is 2. The monoisotopic (exact) mass is 653 g/mol. The van der Waals surface area contributed by atoms with Crippen molar-refractivity contribution in [1.82, 2.24) is 0 Å². The minimum atomic E-state index is -4.26. The third-order valence-electron chi connectivity index (χ3n) is 5.97. The molecule has 3 rings (SSSR count). The van der Waals surface area contributed by atoms with E-state index in [9.17, 15) is 28.1 Å². The normalized spacial score (nSPS) is 10.6. The largest absolute Gasteiger partial charge is 0.491 e. The fourth-order valence-electron chi connectivity index (χ4n) is 3.97. The molecule has 3 aromatic rings. The van der Waals surface area contributed by atoms with Crippen LogP contribution in [0.25, 0.3) is 0 Å². The van der Waals surface area contributed by atoms with Gasteiger partial charge in [-0.05, 0) is 36.4 Å². The van der Waals surface area contributed by atoms with Crippen LogP contribution in [-0.2, 0) is 14.8 Å². The second-order valence-electron chi connectivity index (χ2n) is 8.94. The average Bonchev–Trinajstić information content (AvgIpc) is 3.04. The number of nitrogens with zero attached hydrogens (tertiary/aromatic N) is 1. The van der Waals surface area contributed by atoms with Gasteiger partial charge in [0.2, 0.25) is 0 Å². The quantitative estimate of drug-likeness (QED) is 0.0852. The molecule has 14 nitrogen and oxygen atoms in total. The summed E-state index contributed by atoms with van der Waals surface area (Å²) >= 11 is 0. The van der Waals surface area contributed by atoms with Crippen LogP contribution in [0, 0.1) is 10.1 Å². The predicted molar refractivity (Wildman–Crippen MR) is 170 cm³/mol. The van der Waals surface area contributed by atoms with Crippen molar-refractivity contribution < 1.29 is 46.6 Å². The topological polar surface area (TPSA) is 182 Å². The lowest BCUT2D eigenvalue weighted by molar-refractivity contribution is -0.384. The Morgan fingerprint density at radius 3 is 1.85 bits per heavy atom. The SMILES string of the molecule is C=CCOC(=O)c1ccc(NC(=O)c2ccc(NS(=O)(=O)c3ccc([N+](=O)[O-])cc3)c(OC)c2OCC=C)c(OC)c1OCC=C. The summed E-state index contributed by atoms with van der Waals surface area (Å²) in [4.78, 5) is 36.4. The molecule has 0 saturated heterocycles. The van der Waals surface area contributed by atoms with E-state index in [2.05, 4.69) is 29.8 Å². The van der Waals surface area contributed by atoms with E-state index in [-0.39, 0.29) is 75.9 Å². The molecular weight excluding hydrogens is 622 g/mol. The van der Waals surface area contributed by atoms with Crippen molar-refractivity contribution in [2.45, 2.75) is 4.90 Å². The maximum absolute atomic E-state index is 13.6. The van der Waals surface area contributed by atoms with Gasteiger partial charge in [-0.25, -0.2) is 13.2 Å². The van der Waals surface area contributed by atoms with E-state index in [1.54, 1.807) is 0 Å². The van der Waals surface area contributed by atoms with Crippen molar-refractivity contribution in [3.63, 3.8) is 0 Å². The Kier molecular flexibility index (Phi) is 11.9. The fraction of sp³-hybridized carbons (Fsp3) is 0.161. The molecule has 0 bridgehead atoms. The van der Waals surface area contributed by atoms with E-state index in [0.717, 1.165) is 24.3 Å². The van der Waals surface area contributed by atoms with E-state index in [4.69, 9.17) is 23.7 Å². The molecule has 2 N–H and O–H groups in total. The molecule has 0 aliphatic rings. The van der Waals surface area contributed by atoms with Crippen molar-refractivity contribution in [2.75, 3.05) is 44.1 Å². The smallest absolute Gasteiger partial charge is 0.342 e. The number of nitrogens with one attached hydrogen (secondary N) is 2. The van der Waals surface area contributed by atoms with Crippen LogP contribution in [0.15, 0.2) is 91.4 Å². The van der Waals surface area contributed by atoms with Gasteiger partial charge in [-0.15, -0.1) is 0 Å². The van der Waals surface area contributed by atoms with Crippen molar-refractivity contribution in [2.24, 2.45) is 0 Å². The minimum absolute atomic E-state index is 0.00345. The molecule has 0 unspecified atom stereocenters. The highest BCUT2D eigenvalue weighted by Crippen LogP contribution is 2.42. The van der Waals surface area contributed by atoms with Crippen LogP contribution in [0.1, 0.15) is 20.7 Å². The number of benzene rings is 3. The van der Waals surface area contributed by atoms with Crippen molar-refractivity contribution in [1.29, 1.82) is 0 Å². The van der Waals surface area contributed by atoms with Gasteiger partial charge in [0.05, 0.1) is 41.0 Å². The zero-order valence-corrected chi connectivity index (χ0v) is 25.8. The first-order valence-corrected chi connectivity index (χ1v) is 14.8. The van der Waals surface area contributed by atoms with Crippen LogP contribution >= 0.6 is 0 Å². The van der Waals surface area contributed by atoms with E-state index < -0.39 is 26.8 Å². The molecule has 0 aromatic heterocycles. The zero-order chi connectivity index (χ0) is 33.9. The number of amides is 1. The van der Waals surface area contributed by atoms with Gasteiger partial charge in [0.25, 0.3) is 21.6 Å². The highest BCUT2D eigenvalue weighted by atomic mass is 32.2. The van der Waals surface area contributed by atoms with Crippen LogP contribution in [-0.4, -0.2) is 59.3 Å². The molecule has 0 spiro atoms. The number of nitro benzene ring substituents is 1. The van der Waals surface area contributed by atoms with Crippen molar-refractivity contribution in [3.8, 4) is 23.0 Å². The second kappa shape index (κ2) is 15.8. The number of rotatable bonds is 17. The van der Waals surface area contributed by atoms with Crippen molar-refractivity contribution in [3.05, 3.63) is 108 Å². The lowest BCUT2D eigenvalue weighted by Gasteiger charge is -2.20. The molecule has 46 heavy (non-hydrogen) atoms. The van der Waals surface area contributed by atoms with E-state index in [1.807, 2.05) is 0 Å². The number of hydrogen-bond acceptors (Lipinski definition) is 11. The summed E-state index contributed by atoms with van der Waals surface area (Å²) in [5.74, 6) is -1.70. The number of hydrogen-bond donors (Lipinski definition) is 2. The second-order valence-corrected chi connectivity index (χ2v) is 10.6. The van der Waals surface area contributed by atoms with E-state index in [1.165, 1.54) is 56.7 Å². The lowest BCUT2D eigenvalue weighted by Crippen LogP contribution is -2.18. The summed E-state index contributed by atoms with van der Waals surface area (Å²) in [5, 5.41) is 13.7. The number of ether oxygens (including phenoxy) is 5. The summed E-state index contributed by atoms with van der Waals surface area (Å²) in [6, 6.07) is 9.64. The summed E-state index contributed by atoms with van der Waals surface area (Å²) < 4.78 is 56.1. The average molecular weight is 654 g/mol. The number of methoxy groups -OCH3 is 2. The Hall–Kier alpha value is -5.83. The van der Waals surface area contributed by atoms with Gasteiger partial charge in [-0.3, -0.25) is 19.6 Å². The lowest BCUT2D eigenvalue weighted by atomic mass is 10.1. The molecule has 0 saturated carbocycles. The number of sulfonamides is 1. The molecule has 242 valence electrons. The summed E-state index contributed by atoms with van der Waals surface area (Å²) in [7, 11) is -1.69. The molecular formula is C31H31N3O11S. The van der Waals surface area contributed by atoms with Gasteiger partial charge in [0.1, 0.15) is 25.4 Å². The van der Waals surface area contributed by atoms with Crippen LogP contribution in [0.5, 0.6) is 23.0 Å². The first kappa shape index (κ1) is 34.7. The number of nitro groups is 1. The van der Waals surface area contributed by atoms with Crippen LogP contribution in [0.4, 0.5) is 17.1 Å². The number of non-ortho nitro benzene ring substituents is 1. The highest BCUT2D eigenvalue weighted by Gasteiger charge is 2.27. The number of carbonyl (C=O) groups is 2. The maximum atomic E-state index is 13.6. The van der Waals surface area contributed by atoms with E-state index >= 15 is 0 Å². The third kappa shape index (κ3) is 8.00. The highest BCUT2D eigenvalue weighted by molar-refractivity contribution is 7.92. The van der Waals surface area contributed by atoms with Gasteiger partial charge in [0, 0.05) is 12.1 Å². The molecule has 0 fully saturated rings. The first-order valence-electron chi connectivity index (χ1n) is 13.3. The minimum Gasteiger partial charge on any atom is -0.491 e. The Labute approximate surface area is 265 Å². The third-order valence-corrected chi connectivity index (χ3v) is 7.35. The Bertz CT molecular complexity index is 1750. The molecule has 0 atom stereocenters. The summed E-state index contributed by atoms with van der Waals surface area (Å²) in [5.41, 5.74) is -0.299. The Morgan fingerprint density at radius 2 is 1.30 bits per heavy atom.